The van der Waals surface area contributed by atoms with Crippen molar-refractivity contribution in [1.29, 1.82) is 0 Å². The van der Waals surface area contributed by atoms with Crippen molar-refractivity contribution in [3.8, 4) is 0 Å². The molecule has 3 N–H and O–H groups in total. The van der Waals surface area contributed by atoms with Crippen molar-refractivity contribution in [2.75, 3.05) is 12.3 Å². The Morgan fingerprint density at radius 2 is 2.00 bits per heavy atom. The van der Waals surface area contributed by atoms with Crippen LogP contribution < -0.4 is 11.1 Å². The number of hydrogen-bond donors (Lipinski definition) is 2. The number of aromatic nitrogens is 1. The number of pyridine rings is 1. The maximum absolute atomic E-state index is 5.96. The summed E-state index contributed by atoms with van der Waals surface area (Å²) in [6.45, 7) is 3.14. The van der Waals surface area contributed by atoms with Gasteiger partial charge >= 0.3 is 0 Å². The third-order valence-corrected chi connectivity index (χ3v) is 3.45. The van der Waals surface area contributed by atoms with Crippen LogP contribution in [0, 0.1) is 0 Å². The number of nitrogen functional groups attached to an aromatic ring is 1. The van der Waals surface area contributed by atoms with Gasteiger partial charge in [0.1, 0.15) is 5.82 Å². The number of anilines is 1. The van der Waals surface area contributed by atoms with Gasteiger partial charge in [-0.1, -0.05) is 30.7 Å². The first-order chi connectivity index (χ1) is 9.69. The van der Waals surface area contributed by atoms with E-state index in [0.29, 0.717) is 5.82 Å². The second-order valence-electron chi connectivity index (χ2n) is 4.85. The first-order valence-corrected chi connectivity index (χ1v) is 7.26. The van der Waals surface area contributed by atoms with Crippen molar-refractivity contribution in [3.05, 3.63) is 58.7 Å². The van der Waals surface area contributed by atoms with Crippen LogP contribution in [0.5, 0.6) is 0 Å². The van der Waals surface area contributed by atoms with Crippen molar-refractivity contribution in [3.63, 3.8) is 0 Å². The van der Waals surface area contributed by atoms with Crippen LogP contribution in [0.1, 0.15) is 30.5 Å². The molecule has 0 saturated carbocycles. The van der Waals surface area contributed by atoms with E-state index < -0.39 is 0 Å². The van der Waals surface area contributed by atoms with Crippen molar-refractivity contribution in [2.45, 2.75) is 25.8 Å². The summed E-state index contributed by atoms with van der Waals surface area (Å²) in [5, 5.41) is 4.33. The number of halogens is 1. The van der Waals surface area contributed by atoms with Gasteiger partial charge in [0, 0.05) is 17.3 Å². The zero-order chi connectivity index (χ0) is 14.4. The average Bonchev–Trinajstić information content (AvgIpc) is 2.44. The lowest BCUT2D eigenvalue weighted by Crippen LogP contribution is -2.24. The Bertz CT molecular complexity index is 540. The maximum atomic E-state index is 5.96. The fourth-order valence-corrected chi connectivity index (χ4v) is 2.30. The number of benzene rings is 1. The minimum atomic E-state index is 0.258. The Morgan fingerprint density at radius 3 is 2.65 bits per heavy atom. The largest absolute Gasteiger partial charge is 0.384 e. The second-order valence-corrected chi connectivity index (χ2v) is 5.29. The predicted octanol–water partition coefficient (Wildman–Crippen LogP) is 3.60. The van der Waals surface area contributed by atoms with Crippen molar-refractivity contribution in [1.82, 2.24) is 10.3 Å². The molecule has 1 unspecified atom stereocenters. The minimum absolute atomic E-state index is 0.258. The fourth-order valence-electron chi connectivity index (χ4n) is 2.18. The molecule has 0 spiro atoms. The highest BCUT2D eigenvalue weighted by Crippen LogP contribution is 2.21. The van der Waals surface area contributed by atoms with Crippen LogP contribution in [-0.4, -0.2) is 11.5 Å². The number of nitrogens with one attached hydrogen (secondary N) is 1. The summed E-state index contributed by atoms with van der Waals surface area (Å²) in [6, 6.07) is 12.2. The van der Waals surface area contributed by atoms with Crippen molar-refractivity contribution >= 4 is 17.4 Å². The Morgan fingerprint density at radius 1 is 1.25 bits per heavy atom. The molecule has 0 bridgehead atoms. The molecule has 2 aromatic rings. The molecule has 106 valence electrons. The second kappa shape index (κ2) is 7.27. The Labute approximate surface area is 125 Å². The van der Waals surface area contributed by atoms with Gasteiger partial charge in [0.15, 0.2) is 0 Å². The van der Waals surface area contributed by atoms with Crippen molar-refractivity contribution in [2.24, 2.45) is 0 Å². The van der Waals surface area contributed by atoms with Gasteiger partial charge in [-0.3, -0.25) is 0 Å². The monoisotopic (exact) mass is 289 g/mol. The standard InChI is InChI=1S/C16H20ClN3/c1-2-8-19-15(13-3-5-14(17)6-4-13)10-12-7-9-20-16(18)11-12/h3-7,9,11,15,19H,2,8,10H2,1H3,(H2,18,20). The summed E-state index contributed by atoms with van der Waals surface area (Å²) in [5.41, 5.74) is 8.16. The van der Waals surface area contributed by atoms with E-state index >= 15 is 0 Å². The maximum Gasteiger partial charge on any atom is 0.123 e. The van der Waals surface area contributed by atoms with Gasteiger partial charge < -0.3 is 11.1 Å². The van der Waals surface area contributed by atoms with E-state index in [0.717, 1.165) is 24.4 Å². The van der Waals surface area contributed by atoms with Gasteiger partial charge in [0.05, 0.1) is 0 Å². The molecule has 0 fully saturated rings. The molecule has 0 aliphatic heterocycles. The van der Waals surface area contributed by atoms with E-state index in [-0.39, 0.29) is 6.04 Å². The highest BCUT2D eigenvalue weighted by molar-refractivity contribution is 6.30. The van der Waals surface area contributed by atoms with E-state index in [1.165, 1.54) is 11.1 Å². The first-order valence-electron chi connectivity index (χ1n) is 6.88. The Kier molecular flexibility index (Phi) is 5.39. The van der Waals surface area contributed by atoms with Gasteiger partial charge in [-0.25, -0.2) is 4.98 Å². The molecule has 20 heavy (non-hydrogen) atoms. The molecule has 1 heterocycles. The smallest absolute Gasteiger partial charge is 0.123 e. The lowest BCUT2D eigenvalue weighted by atomic mass is 9.99. The molecule has 4 heteroatoms. The molecule has 0 radical (unpaired) electrons. The summed E-state index contributed by atoms with van der Waals surface area (Å²) in [6.07, 6.45) is 3.74. The van der Waals surface area contributed by atoms with Crippen LogP contribution in [-0.2, 0) is 6.42 Å². The third kappa shape index (κ3) is 4.22. The molecule has 1 aromatic carbocycles. The van der Waals surface area contributed by atoms with E-state index in [1.807, 2.05) is 24.3 Å². The fraction of sp³-hybridized carbons (Fsp3) is 0.312. The quantitative estimate of drug-likeness (QED) is 0.854. The van der Waals surface area contributed by atoms with Crippen LogP contribution >= 0.6 is 11.6 Å². The number of hydrogen-bond acceptors (Lipinski definition) is 3. The lowest BCUT2D eigenvalue weighted by molar-refractivity contribution is 0.529. The highest BCUT2D eigenvalue weighted by atomic mass is 35.5. The number of nitrogens with two attached hydrogens (primary N) is 1. The van der Waals surface area contributed by atoms with Gasteiger partial charge in [-0.05, 0) is 54.8 Å². The molecular formula is C16H20ClN3. The molecule has 3 nitrogen and oxygen atoms in total. The predicted molar refractivity (Wildman–Crippen MR) is 84.8 cm³/mol. The Hall–Kier alpha value is -1.58. The Balaban J connectivity index is 2.16. The summed E-state index contributed by atoms with van der Waals surface area (Å²) in [5.74, 6) is 0.563. The number of nitrogens with zero attached hydrogens (tertiary/aromatic N) is 1. The zero-order valence-corrected chi connectivity index (χ0v) is 12.4. The zero-order valence-electron chi connectivity index (χ0n) is 11.6. The van der Waals surface area contributed by atoms with E-state index in [1.54, 1.807) is 6.20 Å². The van der Waals surface area contributed by atoms with Crippen LogP contribution in [0.15, 0.2) is 42.6 Å². The minimum Gasteiger partial charge on any atom is -0.384 e. The average molecular weight is 290 g/mol. The molecule has 1 atom stereocenters. The van der Waals surface area contributed by atoms with Crippen LogP contribution in [0.2, 0.25) is 5.02 Å². The first kappa shape index (κ1) is 14.8. The van der Waals surface area contributed by atoms with E-state index in [9.17, 15) is 0 Å². The van der Waals surface area contributed by atoms with Gasteiger partial charge in [0.2, 0.25) is 0 Å². The van der Waals surface area contributed by atoms with Gasteiger partial charge in [0.25, 0.3) is 0 Å². The molecule has 0 aliphatic carbocycles. The molecule has 0 saturated heterocycles. The molecule has 2 rings (SSSR count). The third-order valence-electron chi connectivity index (χ3n) is 3.20. The summed E-state index contributed by atoms with van der Waals surface area (Å²) in [7, 11) is 0. The summed E-state index contributed by atoms with van der Waals surface area (Å²) >= 11 is 5.96. The molecule has 0 aliphatic rings. The van der Waals surface area contributed by atoms with E-state index in [4.69, 9.17) is 17.3 Å². The SMILES string of the molecule is CCCNC(Cc1ccnc(N)c1)c1ccc(Cl)cc1. The molecule has 1 aromatic heterocycles. The van der Waals surface area contributed by atoms with Gasteiger partial charge in [-0.15, -0.1) is 0 Å². The summed E-state index contributed by atoms with van der Waals surface area (Å²) in [4.78, 5) is 4.03. The molecule has 0 amide bonds. The van der Waals surface area contributed by atoms with Crippen LogP contribution in [0.3, 0.4) is 0 Å². The highest BCUT2D eigenvalue weighted by Gasteiger charge is 2.11. The lowest BCUT2D eigenvalue weighted by Gasteiger charge is -2.19. The number of rotatable bonds is 6. The van der Waals surface area contributed by atoms with Crippen LogP contribution in [0.25, 0.3) is 0 Å². The molecular weight excluding hydrogens is 270 g/mol. The van der Waals surface area contributed by atoms with Crippen LogP contribution in [0.4, 0.5) is 5.82 Å². The van der Waals surface area contributed by atoms with Gasteiger partial charge in [-0.2, -0.15) is 0 Å². The normalized spacial score (nSPS) is 12.3. The van der Waals surface area contributed by atoms with E-state index in [2.05, 4.69) is 29.4 Å². The summed E-state index contributed by atoms with van der Waals surface area (Å²) < 4.78 is 0. The topological polar surface area (TPSA) is 50.9 Å². The van der Waals surface area contributed by atoms with Crippen molar-refractivity contribution < 1.29 is 0 Å².